The van der Waals surface area contributed by atoms with Crippen molar-refractivity contribution in [3.8, 4) is 0 Å². The number of primary amides is 1. The molecule has 0 aromatic heterocycles. The summed E-state index contributed by atoms with van der Waals surface area (Å²) in [6.45, 7) is 5.09. The Bertz CT molecular complexity index is 274. The van der Waals surface area contributed by atoms with E-state index >= 15 is 0 Å². The van der Waals surface area contributed by atoms with Crippen molar-refractivity contribution in [2.75, 3.05) is 12.3 Å². The lowest BCUT2D eigenvalue weighted by molar-refractivity contribution is -0.118. The second-order valence-electron chi connectivity index (χ2n) is 4.16. The summed E-state index contributed by atoms with van der Waals surface area (Å²) in [5.41, 5.74) is 5.29. The molecule has 4 nitrogen and oxygen atoms in total. The van der Waals surface area contributed by atoms with Gasteiger partial charge in [0, 0.05) is 24.3 Å². The maximum Gasteiger partial charge on any atom is 0.217 e. The SMILES string of the molecule is CCC1(CC)CSC(=NCCCC(N)=O)N1. The lowest BCUT2D eigenvalue weighted by Gasteiger charge is -2.25. The third-order valence-electron chi connectivity index (χ3n) is 3.05. The van der Waals surface area contributed by atoms with Crippen LogP contribution in [0.3, 0.4) is 0 Å². The molecule has 0 unspecified atom stereocenters. The number of aliphatic imine (C=N–C) groups is 1. The van der Waals surface area contributed by atoms with Crippen LogP contribution in [0, 0.1) is 0 Å². The van der Waals surface area contributed by atoms with Gasteiger partial charge in [0.2, 0.25) is 5.91 Å². The summed E-state index contributed by atoms with van der Waals surface area (Å²) >= 11 is 1.78. The van der Waals surface area contributed by atoms with Crippen molar-refractivity contribution < 1.29 is 4.79 Å². The third-order valence-corrected chi connectivity index (χ3v) is 4.25. The summed E-state index contributed by atoms with van der Waals surface area (Å²) < 4.78 is 0. The fourth-order valence-electron chi connectivity index (χ4n) is 1.66. The number of amidine groups is 1. The molecule has 1 rings (SSSR count). The Morgan fingerprint density at radius 3 is 2.75 bits per heavy atom. The summed E-state index contributed by atoms with van der Waals surface area (Å²) in [4.78, 5) is 15.0. The first-order valence-corrected chi connectivity index (χ1v) is 6.84. The van der Waals surface area contributed by atoms with E-state index in [2.05, 4.69) is 24.2 Å². The molecular weight excluding hydrogens is 222 g/mol. The highest BCUT2D eigenvalue weighted by Gasteiger charge is 2.33. The molecule has 16 heavy (non-hydrogen) atoms. The molecule has 0 aromatic rings. The zero-order valence-corrected chi connectivity index (χ0v) is 10.9. The fourth-order valence-corrected chi connectivity index (χ4v) is 3.02. The van der Waals surface area contributed by atoms with Gasteiger partial charge in [0.15, 0.2) is 5.17 Å². The van der Waals surface area contributed by atoms with Gasteiger partial charge in [-0.15, -0.1) is 0 Å². The molecule has 5 heteroatoms. The van der Waals surface area contributed by atoms with Crippen molar-refractivity contribution in [3.05, 3.63) is 0 Å². The first-order valence-electron chi connectivity index (χ1n) is 5.85. The Kier molecular flexibility index (Phi) is 5.12. The monoisotopic (exact) mass is 243 g/mol. The van der Waals surface area contributed by atoms with E-state index in [1.165, 1.54) is 0 Å². The van der Waals surface area contributed by atoms with Gasteiger partial charge < -0.3 is 11.1 Å². The molecule has 1 fully saturated rings. The number of hydrogen-bond donors (Lipinski definition) is 2. The Morgan fingerprint density at radius 1 is 1.56 bits per heavy atom. The van der Waals surface area contributed by atoms with E-state index in [0.717, 1.165) is 30.2 Å². The highest BCUT2D eigenvalue weighted by atomic mass is 32.2. The van der Waals surface area contributed by atoms with E-state index in [1.54, 1.807) is 11.8 Å². The summed E-state index contributed by atoms with van der Waals surface area (Å²) in [7, 11) is 0. The van der Waals surface area contributed by atoms with Crippen LogP contribution in [0.2, 0.25) is 0 Å². The first-order chi connectivity index (χ1) is 7.62. The zero-order chi connectivity index (χ0) is 12.0. The first kappa shape index (κ1) is 13.4. The molecule has 1 aliphatic heterocycles. The minimum absolute atomic E-state index is 0.229. The Hall–Kier alpha value is -0.710. The summed E-state index contributed by atoms with van der Waals surface area (Å²) in [5, 5.41) is 4.51. The van der Waals surface area contributed by atoms with Gasteiger partial charge in [0.25, 0.3) is 0 Å². The number of amides is 1. The number of nitrogens with one attached hydrogen (secondary N) is 1. The van der Waals surface area contributed by atoms with Crippen molar-refractivity contribution >= 4 is 22.8 Å². The average Bonchev–Trinajstić information content (AvgIpc) is 2.69. The number of carbonyl (C=O) groups excluding carboxylic acids is 1. The standard InChI is InChI=1S/C11H21N3OS/c1-3-11(4-2)8-16-10(14-11)13-7-5-6-9(12)15/h3-8H2,1-2H3,(H2,12,15)(H,13,14). The number of hydrogen-bond acceptors (Lipinski definition) is 3. The van der Waals surface area contributed by atoms with Crippen LogP contribution in [0.5, 0.6) is 0 Å². The molecule has 1 amide bonds. The van der Waals surface area contributed by atoms with Gasteiger partial charge in [-0.1, -0.05) is 25.6 Å². The Morgan fingerprint density at radius 2 is 2.25 bits per heavy atom. The van der Waals surface area contributed by atoms with E-state index in [9.17, 15) is 4.79 Å². The largest absolute Gasteiger partial charge is 0.370 e. The maximum absolute atomic E-state index is 10.5. The second kappa shape index (κ2) is 6.13. The van der Waals surface area contributed by atoms with Crippen LogP contribution in [0.1, 0.15) is 39.5 Å². The lowest BCUT2D eigenvalue weighted by Crippen LogP contribution is -2.42. The van der Waals surface area contributed by atoms with Crippen LogP contribution in [0.25, 0.3) is 0 Å². The van der Waals surface area contributed by atoms with Gasteiger partial charge in [-0.2, -0.15) is 0 Å². The average molecular weight is 243 g/mol. The predicted molar refractivity (Wildman–Crippen MR) is 69.6 cm³/mol. The van der Waals surface area contributed by atoms with Gasteiger partial charge in [-0.05, 0) is 19.3 Å². The quantitative estimate of drug-likeness (QED) is 0.695. The minimum Gasteiger partial charge on any atom is -0.370 e. The summed E-state index contributed by atoms with van der Waals surface area (Å²) in [6.07, 6.45) is 3.41. The number of carbonyl (C=O) groups is 1. The maximum atomic E-state index is 10.5. The van der Waals surface area contributed by atoms with E-state index in [4.69, 9.17) is 5.73 Å². The molecule has 92 valence electrons. The molecule has 0 aromatic carbocycles. The highest BCUT2D eigenvalue weighted by molar-refractivity contribution is 8.14. The van der Waals surface area contributed by atoms with Gasteiger partial charge >= 0.3 is 0 Å². The highest BCUT2D eigenvalue weighted by Crippen LogP contribution is 2.28. The Balaban J connectivity index is 2.34. The molecule has 3 N–H and O–H groups in total. The van der Waals surface area contributed by atoms with Crippen LogP contribution < -0.4 is 11.1 Å². The Labute approximate surface area is 101 Å². The van der Waals surface area contributed by atoms with Crippen LogP contribution >= 0.6 is 11.8 Å². The number of nitrogens with zero attached hydrogens (tertiary/aromatic N) is 1. The smallest absolute Gasteiger partial charge is 0.217 e. The molecule has 1 aliphatic rings. The van der Waals surface area contributed by atoms with E-state index in [0.29, 0.717) is 13.0 Å². The number of thioether (sulfide) groups is 1. The lowest BCUT2D eigenvalue weighted by atomic mass is 9.96. The van der Waals surface area contributed by atoms with E-state index < -0.39 is 0 Å². The molecule has 1 saturated heterocycles. The van der Waals surface area contributed by atoms with E-state index in [-0.39, 0.29) is 11.4 Å². The summed E-state index contributed by atoms with van der Waals surface area (Å²) in [6, 6.07) is 0. The van der Waals surface area contributed by atoms with Crippen LogP contribution in [0.4, 0.5) is 0 Å². The van der Waals surface area contributed by atoms with Gasteiger partial charge in [-0.3, -0.25) is 9.79 Å². The van der Waals surface area contributed by atoms with Gasteiger partial charge in [0.1, 0.15) is 0 Å². The van der Waals surface area contributed by atoms with Gasteiger partial charge in [0.05, 0.1) is 0 Å². The molecule has 0 radical (unpaired) electrons. The second-order valence-corrected chi connectivity index (χ2v) is 5.12. The molecule has 0 aliphatic carbocycles. The van der Waals surface area contributed by atoms with Crippen molar-refractivity contribution in [2.24, 2.45) is 10.7 Å². The van der Waals surface area contributed by atoms with Crippen LogP contribution in [-0.2, 0) is 4.79 Å². The van der Waals surface area contributed by atoms with Crippen molar-refractivity contribution in [2.45, 2.75) is 45.1 Å². The topological polar surface area (TPSA) is 67.5 Å². The van der Waals surface area contributed by atoms with Crippen LogP contribution in [-0.4, -0.2) is 28.9 Å². The van der Waals surface area contributed by atoms with Crippen molar-refractivity contribution in [1.29, 1.82) is 0 Å². The normalized spacial score (nSPS) is 21.0. The predicted octanol–water partition coefficient (Wildman–Crippen LogP) is 1.50. The van der Waals surface area contributed by atoms with E-state index in [1.807, 2.05) is 0 Å². The molecule has 0 atom stereocenters. The minimum atomic E-state index is -0.247. The number of nitrogens with two attached hydrogens (primary N) is 1. The fraction of sp³-hybridized carbons (Fsp3) is 0.818. The zero-order valence-electron chi connectivity index (χ0n) is 10.1. The van der Waals surface area contributed by atoms with Crippen LogP contribution in [0.15, 0.2) is 4.99 Å². The molecule has 0 saturated carbocycles. The number of rotatable bonds is 6. The van der Waals surface area contributed by atoms with Crippen molar-refractivity contribution in [3.63, 3.8) is 0 Å². The molecular formula is C11H21N3OS. The molecule has 0 bridgehead atoms. The van der Waals surface area contributed by atoms with Crippen molar-refractivity contribution in [1.82, 2.24) is 5.32 Å². The molecule has 0 spiro atoms. The third kappa shape index (κ3) is 3.70. The van der Waals surface area contributed by atoms with Gasteiger partial charge in [-0.25, -0.2) is 0 Å². The summed E-state index contributed by atoms with van der Waals surface area (Å²) in [5.74, 6) is 0.845. The molecule has 1 heterocycles.